The lowest BCUT2D eigenvalue weighted by atomic mass is 9.91. The van der Waals surface area contributed by atoms with Crippen LogP contribution in [0.5, 0.6) is 0 Å². The molecule has 98 valence electrons. The van der Waals surface area contributed by atoms with Crippen LogP contribution in [0.2, 0.25) is 0 Å². The molecule has 18 heavy (non-hydrogen) atoms. The highest BCUT2D eigenvalue weighted by molar-refractivity contribution is 5.23. The molecule has 1 aliphatic rings. The van der Waals surface area contributed by atoms with Crippen LogP contribution in [-0.2, 0) is 0 Å². The van der Waals surface area contributed by atoms with E-state index in [-0.39, 0.29) is 11.9 Å². The molecule has 0 saturated carbocycles. The third-order valence-electron chi connectivity index (χ3n) is 3.58. The Morgan fingerprint density at radius 2 is 2.11 bits per heavy atom. The molecular weight excluding hydrogens is 225 g/mol. The van der Waals surface area contributed by atoms with E-state index in [9.17, 15) is 4.39 Å². The normalized spacial score (nSPS) is 17.3. The Morgan fingerprint density at radius 1 is 1.28 bits per heavy atom. The molecule has 0 amide bonds. The number of hydrogen-bond acceptors (Lipinski definition) is 1. The van der Waals surface area contributed by atoms with Crippen LogP contribution in [-0.4, -0.2) is 6.54 Å². The van der Waals surface area contributed by atoms with E-state index >= 15 is 0 Å². The molecule has 1 nitrogen and oxygen atoms in total. The molecule has 0 aromatic heterocycles. The van der Waals surface area contributed by atoms with Crippen LogP contribution in [0.1, 0.15) is 50.6 Å². The molecule has 1 atom stereocenters. The van der Waals surface area contributed by atoms with Crippen molar-refractivity contribution in [3.05, 3.63) is 47.3 Å². The molecule has 2 heteroatoms. The lowest BCUT2D eigenvalue weighted by molar-refractivity contribution is 0.497. The first-order valence-corrected chi connectivity index (χ1v) is 6.97. The summed E-state index contributed by atoms with van der Waals surface area (Å²) < 4.78 is 13.9. The number of halogens is 1. The van der Waals surface area contributed by atoms with Crippen LogP contribution in [0.25, 0.3) is 0 Å². The van der Waals surface area contributed by atoms with Gasteiger partial charge in [-0.1, -0.05) is 36.8 Å². The average Bonchev–Trinajstić information content (AvgIpc) is 2.40. The summed E-state index contributed by atoms with van der Waals surface area (Å²) in [6.45, 7) is 2.94. The zero-order chi connectivity index (χ0) is 12.8. The van der Waals surface area contributed by atoms with Crippen LogP contribution >= 0.6 is 0 Å². The second-order valence-electron chi connectivity index (χ2n) is 4.94. The van der Waals surface area contributed by atoms with Gasteiger partial charge in [-0.05, 0) is 44.7 Å². The molecule has 0 saturated heterocycles. The molecule has 1 unspecified atom stereocenters. The average molecular weight is 247 g/mol. The first-order chi connectivity index (χ1) is 8.81. The van der Waals surface area contributed by atoms with Gasteiger partial charge in [0.1, 0.15) is 5.82 Å². The van der Waals surface area contributed by atoms with Crippen molar-refractivity contribution in [2.24, 2.45) is 0 Å². The maximum Gasteiger partial charge on any atom is 0.127 e. The third-order valence-corrected chi connectivity index (χ3v) is 3.58. The third kappa shape index (κ3) is 3.42. The van der Waals surface area contributed by atoms with E-state index in [1.807, 2.05) is 12.1 Å². The summed E-state index contributed by atoms with van der Waals surface area (Å²) in [7, 11) is 0. The Balaban J connectivity index is 2.12. The molecule has 0 radical (unpaired) electrons. The van der Waals surface area contributed by atoms with Gasteiger partial charge in [0.2, 0.25) is 0 Å². The van der Waals surface area contributed by atoms with Gasteiger partial charge < -0.3 is 5.32 Å². The molecule has 0 heterocycles. The fourth-order valence-electron chi connectivity index (χ4n) is 2.65. The van der Waals surface area contributed by atoms with Crippen molar-refractivity contribution >= 4 is 0 Å². The van der Waals surface area contributed by atoms with Crippen LogP contribution in [0.15, 0.2) is 35.9 Å². The van der Waals surface area contributed by atoms with Gasteiger partial charge in [-0.25, -0.2) is 4.39 Å². The van der Waals surface area contributed by atoms with Crippen LogP contribution < -0.4 is 5.32 Å². The number of benzene rings is 1. The van der Waals surface area contributed by atoms with Gasteiger partial charge in [0.05, 0.1) is 0 Å². The summed E-state index contributed by atoms with van der Waals surface area (Å²) in [5.74, 6) is -0.0974. The summed E-state index contributed by atoms with van der Waals surface area (Å²) in [5.41, 5.74) is 2.28. The zero-order valence-electron chi connectivity index (χ0n) is 11.1. The molecule has 0 aliphatic heterocycles. The molecule has 0 spiro atoms. The minimum Gasteiger partial charge on any atom is -0.310 e. The van der Waals surface area contributed by atoms with Crippen molar-refractivity contribution < 1.29 is 4.39 Å². The summed E-state index contributed by atoms with van der Waals surface area (Å²) in [5, 5.41) is 3.41. The predicted octanol–water partition coefficient (Wildman–Crippen LogP) is 4.37. The number of hydrogen-bond donors (Lipinski definition) is 1. The predicted molar refractivity (Wildman–Crippen MR) is 74.0 cm³/mol. The van der Waals surface area contributed by atoms with Gasteiger partial charge in [0, 0.05) is 11.6 Å². The van der Waals surface area contributed by atoms with Gasteiger partial charge in [0.25, 0.3) is 0 Å². The summed E-state index contributed by atoms with van der Waals surface area (Å²) in [4.78, 5) is 0. The van der Waals surface area contributed by atoms with Crippen molar-refractivity contribution in [3.8, 4) is 0 Å². The van der Waals surface area contributed by atoms with Crippen molar-refractivity contribution in [2.45, 2.75) is 45.1 Å². The summed E-state index contributed by atoms with van der Waals surface area (Å²) in [6, 6.07) is 7.22. The second-order valence-corrected chi connectivity index (χ2v) is 4.94. The monoisotopic (exact) mass is 247 g/mol. The van der Waals surface area contributed by atoms with Gasteiger partial charge in [-0.3, -0.25) is 0 Å². The molecule has 0 bridgehead atoms. The smallest absolute Gasteiger partial charge is 0.127 e. The summed E-state index contributed by atoms with van der Waals surface area (Å²) >= 11 is 0. The van der Waals surface area contributed by atoms with Gasteiger partial charge in [0.15, 0.2) is 0 Å². The minimum absolute atomic E-state index is 0.0974. The maximum absolute atomic E-state index is 13.9. The Bertz CT molecular complexity index is 411. The van der Waals surface area contributed by atoms with Crippen molar-refractivity contribution in [2.75, 3.05) is 6.54 Å². The van der Waals surface area contributed by atoms with Gasteiger partial charge in [-0.15, -0.1) is 0 Å². The lowest BCUT2D eigenvalue weighted by Crippen LogP contribution is -2.22. The van der Waals surface area contributed by atoms with Crippen LogP contribution in [0.3, 0.4) is 0 Å². The van der Waals surface area contributed by atoms with Crippen LogP contribution in [0.4, 0.5) is 4.39 Å². The SMILES string of the molecule is CCNC(CC1=CCCCC1)c1ccccc1F. The summed E-state index contributed by atoms with van der Waals surface area (Å²) in [6.07, 6.45) is 8.22. The molecule has 0 fully saturated rings. The Kier molecular flexibility index (Phi) is 4.94. The standard InChI is InChI=1S/C16H22FN/c1-2-18-16(12-13-8-4-3-5-9-13)14-10-6-7-11-15(14)17/h6-8,10-11,16,18H,2-5,9,12H2,1H3. The fraction of sp³-hybridized carbons (Fsp3) is 0.500. The van der Waals surface area contributed by atoms with E-state index in [1.54, 1.807) is 12.1 Å². The Labute approximate surface area is 109 Å². The van der Waals surface area contributed by atoms with E-state index < -0.39 is 0 Å². The Hall–Kier alpha value is -1.15. The number of nitrogens with one attached hydrogen (secondary N) is 1. The van der Waals surface area contributed by atoms with E-state index in [0.717, 1.165) is 18.5 Å². The molecule has 2 rings (SSSR count). The molecule has 1 aromatic rings. The highest BCUT2D eigenvalue weighted by Gasteiger charge is 2.16. The first kappa shape index (κ1) is 13.3. The molecular formula is C16H22FN. The highest BCUT2D eigenvalue weighted by Crippen LogP contribution is 2.28. The fourth-order valence-corrected chi connectivity index (χ4v) is 2.65. The Morgan fingerprint density at radius 3 is 2.78 bits per heavy atom. The molecule has 1 N–H and O–H groups in total. The second kappa shape index (κ2) is 6.69. The quantitative estimate of drug-likeness (QED) is 0.762. The maximum atomic E-state index is 13.9. The van der Waals surface area contributed by atoms with E-state index in [1.165, 1.54) is 31.3 Å². The minimum atomic E-state index is -0.0974. The van der Waals surface area contributed by atoms with Crippen molar-refractivity contribution in [1.29, 1.82) is 0 Å². The topological polar surface area (TPSA) is 12.0 Å². The zero-order valence-corrected chi connectivity index (χ0v) is 11.1. The van der Waals surface area contributed by atoms with Crippen molar-refractivity contribution in [3.63, 3.8) is 0 Å². The largest absolute Gasteiger partial charge is 0.310 e. The molecule has 1 aliphatic carbocycles. The number of allylic oxidation sites excluding steroid dienone is 1. The van der Waals surface area contributed by atoms with Gasteiger partial charge >= 0.3 is 0 Å². The van der Waals surface area contributed by atoms with Gasteiger partial charge in [-0.2, -0.15) is 0 Å². The first-order valence-electron chi connectivity index (χ1n) is 6.97. The lowest BCUT2D eigenvalue weighted by Gasteiger charge is -2.22. The van der Waals surface area contributed by atoms with E-state index in [0.29, 0.717) is 0 Å². The van der Waals surface area contributed by atoms with E-state index in [4.69, 9.17) is 0 Å². The molecule has 1 aromatic carbocycles. The number of rotatable bonds is 5. The van der Waals surface area contributed by atoms with E-state index in [2.05, 4.69) is 18.3 Å². The highest BCUT2D eigenvalue weighted by atomic mass is 19.1. The van der Waals surface area contributed by atoms with Crippen LogP contribution in [0, 0.1) is 5.82 Å². The van der Waals surface area contributed by atoms with Crippen molar-refractivity contribution in [1.82, 2.24) is 5.32 Å².